The van der Waals surface area contributed by atoms with E-state index in [4.69, 9.17) is 0 Å². The molecule has 0 saturated heterocycles. The van der Waals surface area contributed by atoms with Crippen molar-refractivity contribution < 1.29 is 5.11 Å². The van der Waals surface area contributed by atoms with Gasteiger partial charge >= 0.3 is 139 Å². The number of hydrogen-bond donors (Lipinski definition) is 1. The zero-order valence-corrected chi connectivity index (χ0v) is 18.0. The van der Waals surface area contributed by atoms with Gasteiger partial charge in [0.05, 0.1) is 0 Å². The van der Waals surface area contributed by atoms with E-state index in [1.165, 1.54) is 43.0 Å². The number of aliphatic hydroxyl groups excluding tert-OH is 1. The number of allylic oxidation sites excluding steroid dienone is 2. The molecule has 0 heterocycles. The summed E-state index contributed by atoms with van der Waals surface area (Å²) in [4.78, 5) is 0. The third-order valence-electron chi connectivity index (χ3n) is 4.65. The van der Waals surface area contributed by atoms with Gasteiger partial charge in [-0.05, 0) is 0 Å². The van der Waals surface area contributed by atoms with E-state index in [0.717, 1.165) is 12.8 Å². The van der Waals surface area contributed by atoms with Crippen molar-refractivity contribution in [2.24, 2.45) is 0 Å². The summed E-state index contributed by atoms with van der Waals surface area (Å²) in [5.41, 5.74) is 0. The molecule has 21 heavy (non-hydrogen) atoms. The second kappa shape index (κ2) is 14.1. The Morgan fingerprint density at radius 3 is 1.71 bits per heavy atom. The quantitative estimate of drug-likeness (QED) is 0.258. The van der Waals surface area contributed by atoms with Gasteiger partial charge in [-0.2, -0.15) is 0 Å². The van der Waals surface area contributed by atoms with Gasteiger partial charge in [0.15, 0.2) is 0 Å². The first kappa shape index (κ1) is 21.5. The van der Waals surface area contributed by atoms with E-state index in [0.29, 0.717) is 0 Å². The van der Waals surface area contributed by atoms with Gasteiger partial charge in [-0.1, -0.05) is 0 Å². The summed E-state index contributed by atoms with van der Waals surface area (Å²) in [5.74, 6) is 0. The molecule has 0 rings (SSSR count). The van der Waals surface area contributed by atoms with Crippen LogP contribution in [0.1, 0.15) is 79.1 Å². The van der Waals surface area contributed by atoms with Gasteiger partial charge < -0.3 is 0 Å². The van der Waals surface area contributed by atoms with Gasteiger partial charge in [-0.25, -0.2) is 0 Å². The third kappa shape index (κ3) is 11.7. The summed E-state index contributed by atoms with van der Waals surface area (Å²) < 4.78 is 6.26. The topological polar surface area (TPSA) is 20.2 Å². The first-order valence-electron chi connectivity index (χ1n) is 9.43. The predicted molar refractivity (Wildman–Crippen MR) is 99.8 cm³/mol. The fraction of sp³-hybridized carbons (Fsp3) is 0.895. The van der Waals surface area contributed by atoms with Crippen LogP contribution in [-0.2, 0) is 0 Å². The first-order chi connectivity index (χ1) is 10.1. The molecule has 2 heteroatoms. The minimum atomic E-state index is -1.92. The van der Waals surface area contributed by atoms with Gasteiger partial charge in [0.1, 0.15) is 0 Å². The maximum atomic E-state index is 9.34. The monoisotopic (exact) mass is 404 g/mol. The Morgan fingerprint density at radius 1 is 0.857 bits per heavy atom. The van der Waals surface area contributed by atoms with Gasteiger partial charge in [0.2, 0.25) is 0 Å². The first-order valence-corrected chi connectivity index (χ1v) is 17.5. The van der Waals surface area contributed by atoms with E-state index in [1.807, 2.05) is 6.92 Å². The Balaban J connectivity index is 4.54. The number of unbranched alkanes of at least 4 members (excludes halogenated alkanes) is 3. The van der Waals surface area contributed by atoms with Crippen molar-refractivity contribution in [2.75, 3.05) is 0 Å². The third-order valence-corrected chi connectivity index (χ3v) is 19.9. The van der Waals surface area contributed by atoms with Crippen LogP contribution in [0.2, 0.25) is 17.7 Å². The van der Waals surface area contributed by atoms with Crippen LogP contribution in [-0.4, -0.2) is 29.6 Å². The van der Waals surface area contributed by atoms with Crippen LogP contribution in [0.3, 0.4) is 0 Å². The number of hydrogen-bond acceptors (Lipinski definition) is 1. The Labute approximate surface area is 138 Å². The zero-order chi connectivity index (χ0) is 16.0. The molecule has 0 aliphatic heterocycles. The van der Waals surface area contributed by atoms with Crippen molar-refractivity contribution in [1.82, 2.24) is 0 Å². The van der Waals surface area contributed by atoms with Gasteiger partial charge in [0, 0.05) is 0 Å². The van der Waals surface area contributed by atoms with Crippen LogP contribution in [0, 0.1) is 0 Å². The van der Waals surface area contributed by atoms with E-state index in [1.54, 1.807) is 13.3 Å². The summed E-state index contributed by atoms with van der Waals surface area (Å²) in [6.45, 7) is 8.92. The zero-order valence-electron chi connectivity index (χ0n) is 15.2. The van der Waals surface area contributed by atoms with E-state index in [9.17, 15) is 5.11 Å². The Hall–Kier alpha value is 0.499. The average molecular weight is 403 g/mol. The van der Waals surface area contributed by atoms with Crippen LogP contribution in [0.5, 0.6) is 0 Å². The number of aliphatic hydroxyl groups is 1. The standard InChI is InChI=1S/C7H13O.3C4H9.Sn/c1-3-4-5-6-7(2)8;3*1-3-4-2;/h3-4,7-8H,1,5-6H2,2H3;3*1,3-4H2,2H3;/b4-3+;;;;/t7-;;;;/m0..../s1. The van der Waals surface area contributed by atoms with Crippen molar-refractivity contribution in [3.63, 3.8) is 0 Å². The summed E-state index contributed by atoms with van der Waals surface area (Å²) in [6.07, 6.45) is 15.1. The molecule has 126 valence electrons. The van der Waals surface area contributed by atoms with Crippen LogP contribution >= 0.6 is 0 Å². The van der Waals surface area contributed by atoms with Crippen molar-refractivity contribution in [2.45, 2.75) is 103 Å². The molecule has 0 aromatic carbocycles. The SMILES string of the molecule is CCC[CH2][Sn]([CH2]/C=C/CC[C@H](C)O)([CH2]CCC)[CH2]CCC. The van der Waals surface area contributed by atoms with E-state index < -0.39 is 18.4 Å². The van der Waals surface area contributed by atoms with Crippen LogP contribution in [0.4, 0.5) is 0 Å². The summed E-state index contributed by atoms with van der Waals surface area (Å²) >= 11 is -1.92. The molecule has 0 fully saturated rings. The minimum absolute atomic E-state index is 0.150. The molecular weight excluding hydrogens is 363 g/mol. The Bertz CT molecular complexity index is 226. The van der Waals surface area contributed by atoms with Crippen molar-refractivity contribution in [1.29, 1.82) is 0 Å². The molecule has 0 aliphatic carbocycles. The molecule has 0 radical (unpaired) electrons. The van der Waals surface area contributed by atoms with E-state index in [2.05, 4.69) is 32.9 Å². The van der Waals surface area contributed by atoms with Crippen molar-refractivity contribution in [3.8, 4) is 0 Å². The van der Waals surface area contributed by atoms with Gasteiger partial charge in [-0.15, -0.1) is 0 Å². The van der Waals surface area contributed by atoms with Crippen LogP contribution < -0.4 is 0 Å². The molecule has 0 aromatic heterocycles. The van der Waals surface area contributed by atoms with Crippen LogP contribution in [0.25, 0.3) is 0 Å². The predicted octanol–water partition coefficient (Wildman–Crippen LogP) is 6.55. The Kier molecular flexibility index (Phi) is 14.4. The van der Waals surface area contributed by atoms with Gasteiger partial charge in [-0.3, -0.25) is 0 Å². The second-order valence-corrected chi connectivity index (χ2v) is 20.9. The molecule has 1 nitrogen and oxygen atoms in total. The normalized spacial score (nSPS) is 14.0. The summed E-state index contributed by atoms with van der Waals surface area (Å²) in [7, 11) is 0. The molecule has 0 aliphatic rings. The molecule has 0 amide bonds. The molecule has 0 spiro atoms. The van der Waals surface area contributed by atoms with Crippen molar-refractivity contribution in [3.05, 3.63) is 12.2 Å². The molecule has 1 atom stereocenters. The fourth-order valence-corrected chi connectivity index (χ4v) is 18.4. The summed E-state index contributed by atoms with van der Waals surface area (Å²) in [6, 6.07) is 0. The summed E-state index contributed by atoms with van der Waals surface area (Å²) in [5, 5.41) is 9.34. The Morgan fingerprint density at radius 2 is 1.33 bits per heavy atom. The van der Waals surface area contributed by atoms with E-state index >= 15 is 0 Å². The average Bonchev–Trinajstić information content (AvgIpc) is 2.47. The maximum absolute atomic E-state index is 9.34. The van der Waals surface area contributed by atoms with Gasteiger partial charge in [0.25, 0.3) is 0 Å². The molecule has 0 bridgehead atoms. The second-order valence-electron chi connectivity index (χ2n) is 6.91. The number of rotatable bonds is 14. The van der Waals surface area contributed by atoms with Crippen molar-refractivity contribution >= 4 is 18.4 Å². The molecule has 0 saturated carbocycles. The molecular formula is C19H40OSn. The molecule has 0 unspecified atom stereocenters. The van der Waals surface area contributed by atoms with Crippen LogP contribution in [0.15, 0.2) is 12.2 Å². The molecule has 1 N–H and O–H groups in total. The van der Waals surface area contributed by atoms with E-state index in [-0.39, 0.29) is 6.10 Å². The fourth-order valence-electron chi connectivity index (χ4n) is 3.13. The molecule has 0 aromatic rings.